The summed E-state index contributed by atoms with van der Waals surface area (Å²) >= 11 is 0. The zero-order valence-corrected chi connectivity index (χ0v) is 31.0. The lowest BCUT2D eigenvalue weighted by Gasteiger charge is -2.35. The lowest BCUT2D eigenvalue weighted by Crippen LogP contribution is -2.44. The van der Waals surface area contributed by atoms with E-state index in [0.717, 1.165) is 78.0 Å². The molecule has 0 radical (unpaired) electrons. The van der Waals surface area contributed by atoms with Gasteiger partial charge >= 0.3 is 0 Å². The minimum Gasteiger partial charge on any atom is -0.338 e. The molecule has 8 heteroatoms. The van der Waals surface area contributed by atoms with Crippen LogP contribution in [0.4, 0.5) is 0 Å². The number of likely N-dealkylation sites (tertiary alicyclic amines) is 2. The molecule has 0 spiro atoms. The first-order valence-electron chi connectivity index (χ1n) is 16.7. The van der Waals surface area contributed by atoms with Gasteiger partial charge in [-0.1, -0.05) is 84.9 Å². The minimum atomic E-state index is 0. The van der Waals surface area contributed by atoms with Crippen LogP contribution in [0.25, 0.3) is 0 Å². The average Bonchev–Trinajstić information content (AvgIpc) is 3.07. The Balaban J connectivity index is 0.00000288. The van der Waals surface area contributed by atoms with Crippen LogP contribution in [0.15, 0.2) is 84.9 Å². The fourth-order valence-corrected chi connectivity index (χ4v) is 6.88. The van der Waals surface area contributed by atoms with Crippen LogP contribution >= 0.6 is 34.0 Å². The standard InChI is InChI=1S/C38H50N4O2.2BrH/c1-3-41(27-31-13-7-5-8-14-31)37(43)35-17-11-23-39(29-35)25-33-19-21-34(22-20-33)26-40-24-12-18-36(30-40)38(44)42(4-2)28-32-15-9-6-10-16-32;;/h5-10,13-16,19-22,35-36H,3-4,11-12,17-18,23-30H2,1-2H3;2*1H. The van der Waals surface area contributed by atoms with Gasteiger partial charge in [-0.25, -0.2) is 0 Å². The van der Waals surface area contributed by atoms with E-state index in [1.807, 2.05) is 46.2 Å². The van der Waals surface area contributed by atoms with Gasteiger partial charge in [0.15, 0.2) is 0 Å². The van der Waals surface area contributed by atoms with Gasteiger partial charge in [0, 0.05) is 52.4 Å². The molecule has 3 aromatic carbocycles. The summed E-state index contributed by atoms with van der Waals surface area (Å²) in [5.74, 6) is 0.712. The molecule has 0 bridgehead atoms. The van der Waals surface area contributed by atoms with E-state index in [0.29, 0.717) is 13.1 Å². The summed E-state index contributed by atoms with van der Waals surface area (Å²) in [6, 6.07) is 29.6. The fourth-order valence-electron chi connectivity index (χ4n) is 6.88. The predicted molar refractivity (Wildman–Crippen MR) is 198 cm³/mol. The molecule has 0 aliphatic carbocycles. The van der Waals surface area contributed by atoms with Crippen molar-refractivity contribution in [3.05, 3.63) is 107 Å². The van der Waals surface area contributed by atoms with Gasteiger partial charge in [0.25, 0.3) is 0 Å². The second-order valence-electron chi connectivity index (χ2n) is 12.6. The summed E-state index contributed by atoms with van der Waals surface area (Å²) in [6.45, 7) is 12.5. The van der Waals surface area contributed by atoms with Gasteiger partial charge in [-0.2, -0.15) is 0 Å². The average molecular weight is 757 g/mol. The van der Waals surface area contributed by atoms with E-state index >= 15 is 0 Å². The third-order valence-corrected chi connectivity index (χ3v) is 9.36. The third-order valence-electron chi connectivity index (χ3n) is 9.36. The van der Waals surface area contributed by atoms with E-state index in [1.54, 1.807) is 0 Å². The molecule has 46 heavy (non-hydrogen) atoms. The molecule has 2 aliphatic rings. The fraction of sp³-hybridized carbons (Fsp3) is 0.474. The molecule has 0 aromatic heterocycles. The second-order valence-corrected chi connectivity index (χ2v) is 12.6. The predicted octanol–water partition coefficient (Wildman–Crippen LogP) is 7.36. The Hall–Kier alpha value is -2.52. The van der Waals surface area contributed by atoms with Crippen LogP contribution in [0.1, 0.15) is 61.8 Å². The molecule has 2 fully saturated rings. The molecular weight excluding hydrogens is 704 g/mol. The number of carbonyl (C=O) groups is 2. The normalized spacial score (nSPS) is 18.6. The molecule has 6 nitrogen and oxygen atoms in total. The largest absolute Gasteiger partial charge is 0.338 e. The Morgan fingerprint density at radius 3 is 1.30 bits per heavy atom. The molecule has 2 heterocycles. The van der Waals surface area contributed by atoms with E-state index in [-0.39, 0.29) is 57.6 Å². The van der Waals surface area contributed by atoms with Crippen LogP contribution in [0.2, 0.25) is 0 Å². The van der Waals surface area contributed by atoms with Crippen molar-refractivity contribution in [2.75, 3.05) is 39.3 Å². The highest BCUT2D eigenvalue weighted by Crippen LogP contribution is 2.24. The quantitative estimate of drug-likeness (QED) is 0.194. The van der Waals surface area contributed by atoms with Crippen molar-refractivity contribution >= 4 is 45.8 Å². The van der Waals surface area contributed by atoms with Crippen LogP contribution in [-0.2, 0) is 35.8 Å². The summed E-state index contributed by atoms with van der Waals surface area (Å²) < 4.78 is 0. The maximum Gasteiger partial charge on any atom is 0.227 e. The Morgan fingerprint density at radius 1 is 0.587 bits per heavy atom. The van der Waals surface area contributed by atoms with Crippen molar-refractivity contribution in [2.45, 2.75) is 65.7 Å². The zero-order chi connectivity index (χ0) is 30.7. The van der Waals surface area contributed by atoms with Crippen molar-refractivity contribution in [2.24, 2.45) is 11.8 Å². The van der Waals surface area contributed by atoms with E-state index in [1.165, 1.54) is 22.3 Å². The highest BCUT2D eigenvalue weighted by atomic mass is 79.9. The number of amides is 2. The molecule has 250 valence electrons. The molecular formula is C38H52Br2N4O2. The van der Waals surface area contributed by atoms with Crippen LogP contribution in [0.5, 0.6) is 0 Å². The maximum absolute atomic E-state index is 13.4. The number of hydrogen-bond donors (Lipinski definition) is 0. The number of hydrogen-bond acceptors (Lipinski definition) is 4. The number of benzene rings is 3. The van der Waals surface area contributed by atoms with E-state index in [2.05, 4.69) is 72.2 Å². The highest BCUT2D eigenvalue weighted by Gasteiger charge is 2.30. The SMILES string of the molecule is Br.Br.CCN(Cc1ccccc1)C(=O)C1CCCN(Cc2ccc(CN3CCCC(C(=O)N(CC)Cc4ccccc4)C3)cc2)C1. The van der Waals surface area contributed by atoms with Gasteiger partial charge in [0.05, 0.1) is 11.8 Å². The summed E-state index contributed by atoms with van der Waals surface area (Å²) in [5, 5.41) is 0. The zero-order valence-electron chi connectivity index (χ0n) is 27.6. The molecule has 2 unspecified atom stereocenters. The molecule has 0 saturated carbocycles. The summed E-state index contributed by atoms with van der Waals surface area (Å²) in [7, 11) is 0. The van der Waals surface area contributed by atoms with Crippen LogP contribution in [0.3, 0.4) is 0 Å². The smallest absolute Gasteiger partial charge is 0.227 e. The van der Waals surface area contributed by atoms with Gasteiger partial charge in [0.2, 0.25) is 11.8 Å². The molecule has 2 atom stereocenters. The van der Waals surface area contributed by atoms with Crippen LogP contribution < -0.4 is 0 Å². The van der Waals surface area contributed by atoms with Gasteiger partial charge < -0.3 is 9.80 Å². The monoisotopic (exact) mass is 754 g/mol. The molecule has 2 saturated heterocycles. The Labute approximate surface area is 297 Å². The topological polar surface area (TPSA) is 47.1 Å². The van der Waals surface area contributed by atoms with Crippen molar-refractivity contribution in [3.63, 3.8) is 0 Å². The first kappa shape index (κ1) is 37.9. The Morgan fingerprint density at radius 2 is 0.957 bits per heavy atom. The van der Waals surface area contributed by atoms with Gasteiger partial charge in [-0.3, -0.25) is 19.4 Å². The van der Waals surface area contributed by atoms with E-state index in [4.69, 9.17) is 0 Å². The first-order chi connectivity index (χ1) is 21.5. The van der Waals surface area contributed by atoms with Crippen LogP contribution in [-0.4, -0.2) is 70.7 Å². The summed E-state index contributed by atoms with van der Waals surface area (Å²) in [4.78, 5) is 35.8. The number of halogens is 2. The maximum atomic E-state index is 13.4. The third kappa shape index (κ3) is 10.8. The number of carbonyl (C=O) groups excluding carboxylic acids is 2. The summed E-state index contributed by atoms with van der Waals surface area (Å²) in [6.07, 6.45) is 4.07. The molecule has 2 aliphatic heterocycles. The first-order valence-corrected chi connectivity index (χ1v) is 16.7. The van der Waals surface area contributed by atoms with Crippen molar-refractivity contribution in [1.82, 2.24) is 19.6 Å². The highest BCUT2D eigenvalue weighted by molar-refractivity contribution is 8.93. The van der Waals surface area contributed by atoms with Crippen LogP contribution in [0, 0.1) is 11.8 Å². The van der Waals surface area contributed by atoms with Gasteiger partial charge in [-0.05, 0) is 74.9 Å². The van der Waals surface area contributed by atoms with Crippen molar-refractivity contribution in [3.8, 4) is 0 Å². The minimum absolute atomic E-state index is 0. The lowest BCUT2D eigenvalue weighted by atomic mass is 9.95. The van der Waals surface area contributed by atoms with Crippen molar-refractivity contribution in [1.29, 1.82) is 0 Å². The number of nitrogens with zero attached hydrogens (tertiary/aromatic N) is 4. The summed E-state index contributed by atoms with van der Waals surface area (Å²) in [5.41, 5.74) is 4.97. The molecule has 2 amide bonds. The van der Waals surface area contributed by atoms with Gasteiger partial charge in [-0.15, -0.1) is 34.0 Å². The molecule has 0 N–H and O–H groups in total. The molecule has 5 rings (SSSR count). The van der Waals surface area contributed by atoms with E-state index < -0.39 is 0 Å². The molecule has 3 aromatic rings. The lowest BCUT2D eigenvalue weighted by molar-refractivity contribution is -0.138. The second kappa shape index (κ2) is 19.3. The Bertz CT molecular complexity index is 1220. The number of piperidine rings is 2. The van der Waals surface area contributed by atoms with E-state index in [9.17, 15) is 9.59 Å². The number of rotatable bonds is 12. The van der Waals surface area contributed by atoms with Gasteiger partial charge in [0.1, 0.15) is 0 Å². The Kier molecular flexibility index (Phi) is 15.9. The van der Waals surface area contributed by atoms with Crippen molar-refractivity contribution < 1.29 is 9.59 Å².